The summed E-state index contributed by atoms with van der Waals surface area (Å²) in [6.07, 6.45) is 4.54. The van der Waals surface area contributed by atoms with E-state index in [9.17, 15) is 0 Å². The molecule has 0 saturated heterocycles. The first-order valence-corrected chi connectivity index (χ1v) is 8.22. The van der Waals surface area contributed by atoms with Crippen molar-refractivity contribution in [3.05, 3.63) is 35.9 Å². The molecular formula is C20H33NO. The van der Waals surface area contributed by atoms with Crippen LogP contribution in [0.3, 0.4) is 0 Å². The Hall–Kier alpha value is -1.28. The summed E-state index contributed by atoms with van der Waals surface area (Å²) >= 11 is 0. The van der Waals surface area contributed by atoms with Crippen molar-refractivity contribution in [2.75, 3.05) is 13.1 Å². The molecule has 124 valence electrons. The van der Waals surface area contributed by atoms with Gasteiger partial charge in [-0.1, -0.05) is 65.8 Å². The van der Waals surface area contributed by atoms with Gasteiger partial charge in [-0.05, 0) is 35.4 Å². The number of allylic oxidation sites excluding steroid dienone is 1. The Bertz CT molecular complexity index is 477. The van der Waals surface area contributed by atoms with Crippen LogP contribution in [-0.2, 0) is 0 Å². The van der Waals surface area contributed by atoms with Gasteiger partial charge in [-0.3, -0.25) is 0 Å². The van der Waals surface area contributed by atoms with E-state index in [0.717, 1.165) is 18.8 Å². The van der Waals surface area contributed by atoms with Crippen LogP contribution >= 0.6 is 0 Å². The molecule has 1 N–H and O–H groups in total. The van der Waals surface area contributed by atoms with Gasteiger partial charge in [-0.2, -0.15) is 0 Å². The molecule has 1 aromatic rings. The van der Waals surface area contributed by atoms with Gasteiger partial charge in [0.15, 0.2) is 0 Å². The highest BCUT2D eigenvalue weighted by Crippen LogP contribution is 2.20. The number of nitrogens with one attached hydrogen (secondary N) is 1. The zero-order valence-corrected chi connectivity index (χ0v) is 15.4. The molecule has 0 fully saturated rings. The second kappa shape index (κ2) is 7.82. The molecule has 0 aliphatic rings. The summed E-state index contributed by atoms with van der Waals surface area (Å²) in [5.74, 6) is 0.932. The normalized spacial score (nSPS) is 14.3. The summed E-state index contributed by atoms with van der Waals surface area (Å²) < 4.78 is 6.01. The first kappa shape index (κ1) is 18.8. The standard InChI is InChI=1S/C20H33NO/c1-16(14-21-15-20(5,6)7)22-18-10-8-9-17(13-18)11-12-19(2,3)4/h8-13,16,21H,14-15H2,1-7H3/b12-11+/t16-/m1/s1. The summed E-state index contributed by atoms with van der Waals surface area (Å²) in [6.45, 7) is 17.3. The minimum atomic E-state index is 0.157. The zero-order chi connectivity index (χ0) is 16.8. The third kappa shape index (κ3) is 8.89. The van der Waals surface area contributed by atoms with Crippen LogP contribution in [0.25, 0.3) is 6.08 Å². The van der Waals surface area contributed by atoms with Gasteiger partial charge in [0.05, 0.1) is 0 Å². The Morgan fingerprint density at radius 1 is 1.14 bits per heavy atom. The number of hydrogen-bond acceptors (Lipinski definition) is 2. The van der Waals surface area contributed by atoms with E-state index in [1.807, 2.05) is 12.1 Å². The Balaban J connectivity index is 2.54. The summed E-state index contributed by atoms with van der Waals surface area (Å²) in [5.41, 5.74) is 1.68. The highest BCUT2D eigenvalue weighted by molar-refractivity contribution is 5.52. The molecular weight excluding hydrogens is 270 g/mol. The Morgan fingerprint density at radius 3 is 2.41 bits per heavy atom. The largest absolute Gasteiger partial charge is 0.489 e. The maximum Gasteiger partial charge on any atom is 0.120 e. The minimum Gasteiger partial charge on any atom is -0.489 e. The highest BCUT2D eigenvalue weighted by atomic mass is 16.5. The third-order valence-electron chi connectivity index (χ3n) is 3.06. The second-order valence-corrected chi connectivity index (χ2v) is 8.39. The molecule has 0 spiro atoms. The van der Waals surface area contributed by atoms with E-state index in [1.165, 1.54) is 5.56 Å². The van der Waals surface area contributed by atoms with E-state index in [4.69, 9.17) is 4.74 Å². The fraction of sp³-hybridized carbons (Fsp3) is 0.600. The molecule has 0 radical (unpaired) electrons. The Morgan fingerprint density at radius 2 is 1.82 bits per heavy atom. The van der Waals surface area contributed by atoms with Crippen LogP contribution in [0, 0.1) is 10.8 Å². The molecule has 0 unspecified atom stereocenters. The van der Waals surface area contributed by atoms with Crippen molar-refractivity contribution in [3.8, 4) is 5.75 Å². The first-order chi connectivity index (χ1) is 10.1. The van der Waals surface area contributed by atoms with Gasteiger partial charge in [0.25, 0.3) is 0 Å². The second-order valence-electron chi connectivity index (χ2n) is 8.39. The van der Waals surface area contributed by atoms with Gasteiger partial charge in [-0.25, -0.2) is 0 Å². The van der Waals surface area contributed by atoms with Gasteiger partial charge in [-0.15, -0.1) is 0 Å². The topological polar surface area (TPSA) is 21.3 Å². The molecule has 0 aliphatic carbocycles. The van der Waals surface area contributed by atoms with Crippen LogP contribution in [0.15, 0.2) is 30.3 Å². The zero-order valence-electron chi connectivity index (χ0n) is 15.4. The molecule has 0 amide bonds. The van der Waals surface area contributed by atoms with Crippen molar-refractivity contribution in [2.24, 2.45) is 10.8 Å². The maximum atomic E-state index is 6.01. The monoisotopic (exact) mass is 303 g/mol. The highest BCUT2D eigenvalue weighted by Gasteiger charge is 2.11. The van der Waals surface area contributed by atoms with Crippen LogP contribution in [0.1, 0.15) is 54.0 Å². The lowest BCUT2D eigenvalue weighted by Crippen LogP contribution is -2.34. The van der Waals surface area contributed by atoms with Crippen molar-refractivity contribution in [1.29, 1.82) is 0 Å². The van der Waals surface area contributed by atoms with Gasteiger partial charge >= 0.3 is 0 Å². The van der Waals surface area contributed by atoms with Gasteiger partial charge in [0.1, 0.15) is 11.9 Å². The summed E-state index contributed by atoms with van der Waals surface area (Å²) in [6, 6.07) is 8.28. The van der Waals surface area contributed by atoms with E-state index < -0.39 is 0 Å². The SMILES string of the molecule is C[C@H](CNCC(C)(C)C)Oc1cccc(/C=C/C(C)(C)C)c1. The molecule has 1 rings (SSSR count). The molecule has 0 aromatic heterocycles. The lowest BCUT2D eigenvalue weighted by Gasteiger charge is -2.21. The first-order valence-electron chi connectivity index (χ1n) is 8.22. The van der Waals surface area contributed by atoms with E-state index >= 15 is 0 Å². The lowest BCUT2D eigenvalue weighted by atomic mass is 9.95. The predicted molar refractivity (Wildman–Crippen MR) is 97.3 cm³/mol. The van der Waals surface area contributed by atoms with Crippen LogP contribution < -0.4 is 10.1 Å². The Labute approximate surface area is 137 Å². The van der Waals surface area contributed by atoms with E-state index in [-0.39, 0.29) is 11.5 Å². The molecule has 2 nitrogen and oxygen atoms in total. The van der Waals surface area contributed by atoms with Crippen molar-refractivity contribution in [3.63, 3.8) is 0 Å². The fourth-order valence-corrected chi connectivity index (χ4v) is 1.96. The van der Waals surface area contributed by atoms with Crippen LogP contribution in [0.5, 0.6) is 5.75 Å². The van der Waals surface area contributed by atoms with Gasteiger partial charge < -0.3 is 10.1 Å². The van der Waals surface area contributed by atoms with Crippen molar-refractivity contribution >= 4 is 6.08 Å². The van der Waals surface area contributed by atoms with Crippen molar-refractivity contribution in [1.82, 2.24) is 5.32 Å². The smallest absolute Gasteiger partial charge is 0.120 e. The molecule has 1 aromatic carbocycles. The number of rotatable bonds is 6. The van der Waals surface area contributed by atoms with E-state index in [1.54, 1.807) is 0 Å². The van der Waals surface area contributed by atoms with Crippen molar-refractivity contribution in [2.45, 2.75) is 54.6 Å². The Kier molecular flexibility index (Phi) is 6.67. The lowest BCUT2D eigenvalue weighted by molar-refractivity contribution is 0.210. The van der Waals surface area contributed by atoms with Crippen molar-refractivity contribution < 1.29 is 4.74 Å². The van der Waals surface area contributed by atoms with Gasteiger partial charge in [0.2, 0.25) is 0 Å². The minimum absolute atomic E-state index is 0.157. The van der Waals surface area contributed by atoms with E-state index in [0.29, 0.717) is 5.41 Å². The molecule has 0 heterocycles. The van der Waals surface area contributed by atoms with Crippen LogP contribution in [0.2, 0.25) is 0 Å². The average Bonchev–Trinajstić information content (AvgIpc) is 2.34. The average molecular weight is 303 g/mol. The summed E-state index contributed by atoms with van der Waals surface area (Å²) in [7, 11) is 0. The third-order valence-corrected chi connectivity index (χ3v) is 3.06. The number of benzene rings is 1. The molecule has 0 aliphatic heterocycles. The molecule has 2 heteroatoms. The van der Waals surface area contributed by atoms with Gasteiger partial charge in [0, 0.05) is 13.1 Å². The summed E-state index contributed by atoms with van der Waals surface area (Å²) in [5, 5.41) is 3.47. The molecule has 0 bridgehead atoms. The van der Waals surface area contributed by atoms with Crippen LogP contribution in [-0.4, -0.2) is 19.2 Å². The molecule has 0 saturated carbocycles. The van der Waals surface area contributed by atoms with Crippen LogP contribution in [0.4, 0.5) is 0 Å². The number of ether oxygens (including phenoxy) is 1. The number of hydrogen-bond donors (Lipinski definition) is 1. The summed E-state index contributed by atoms with van der Waals surface area (Å²) in [4.78, 5) is 0. The molecule has 22 heavy (non-hydrogen) atoms. The maximum absolute atomic E-state index is 6.01. The van der Waals surface area contributed by atoms with E-state index in [2.05, 4.69) is 78.1 Å². The molecule has 1 atom stereocenters. The quantitative estimate of drug-likeness (QED) is 0.785. The fourth-order valence-electron chi connectivity index (χ4n) is 1.96. The predicted octanol–water partition coefficient (Wildman–Crippen LogP) is 5.15.